The van der Waals surface area contributed by atoms with Gasteiger partial charge in [0, 0.05) is 37.5 Å². The van der Waals surface area contributed by atoms with Gasteiger partial charge in [-0.25, -0.2) is 27.6 Å². The minimum Gasteiger partial charge on any atom is -0.480 e. The van der Waals surface area contributed by atoms with Gasteiger partial charge in [-0.15, -0.1) is 0 Å². The number of nitrogens with one attached hydrogen (secondary N) is 2. The van der Waals surface area contributed by atoms with Gasteiger partial charge >= 0.3 is 36.2 Å². The molecule has 14 nitrogen and oxygen atoms in total. The molecule has 0 aromatic heterocycles. The summed E-state index contributed by atoms with van der Waals surface area (Å²) in [4.78, 5) is 67.6. The van der Waals surface area contributed by atoms with E-state index >= 15 is 0 Å². The summed E-state index contributed by atoms with van der Waals surface area (Å²) in [6.07, 6.45) is -9.09. The Labute approximate surface area is 282 Å². The van der Waals surface area contributed by atoms with Gasteiger partial charge in [0.15, 0.2) is 11.6 Å². The maximum Gasteiger partial charge on any atom is 0.490 e. The van der Waals surface area contributed by atoms with Gasteiger partial charge in [0.2, 0.25) is 11.8 Å². The molecule has 2 rings (SSSR count). The number of carbonyl (C=O) groups is 6. The Morgan fingerprint density at radius 2 is 1.39 bits per heavy atom. The van der Waals surface area contributed by atoms with Gasteiger partial charge in [-0.3, -0.25) is 19.7 Å². The van der Waals surface area contributed by atoms with Crippen LogP contribution < -0.4 is 16.4 Å². The number of carbonyl (C=O) groups excluding carboxylic acids is 2. The zero-order chi connectivity index (χ0) is 40.0. The first-order valence-corrected chi connectivity index (χ1v) is 14.5. The largest absolute Gasteiger partial charge is 0.490 e. The van der Waals surface area contributed by atoms with Crippen molar-refractivity contribution in [3.8, 4) is 0 Å². The highest BCUT2D eigenvalue weighted by atomic mass is 19.4. The molecule has 23 heteroatoms. The molecule has 1 aliphatic heterocycles. The summed E-state index contributed by atoms with van der Waals surface area (Å²) in [6, 6.07) is -3.76. The van der Waals surface area contributed by atoms with Gasteiger partial charge in [0.05, 0.1) is 6.04 Å². The second-order valence-corrected chi connectivity index (χ2v) is 10.9. The summed E-state index contributed by atoms with van der Waals surface area (Å²) in [6.45, 7) is 3.23. The number of nitrogens with two attached hydrogens (primary N) is 1. The summed E-state index contributed by atoms with van der Waals surface area (Å²) in [7, 11) is 0. The Kier molecular flexibility index (Phi) is 18.4. The van der Waals surface area contributed by atoms with Crippen LogP contribution in [0.25, 0.3) is 0 Å². The molecule has 5 atom stereocenters. The number of carboxylic acids is 4. The number of benzene rings is 1. The Bertz CT molecular complexity index is 1370. The van der Waals surface area contributed by atoms with E-state index < -0.39 is 95.7 Å². The molecule has 1 heterocycles. The average Bonchev–Trinajstić information content (AvgIpc) is 3.40. The van der Waals surface area contributed by atoms with Crippen molar-refractivity contribution in [3.63, 3.8) is 0 Å². The molecule has 1 saturated heterocycles. The lowest BCUT2D eigenvalue weighted by Crippen LogP contribution is -2.53. The van der Waals surface area contributed by atoms with Crippen LogP contribution in [0, 0.1) is 17.5 Å². The molecule has 290 valence electrons. The molecule has 0 saturated carbocycles. The standard InChI is InChI=1S/C24H33F3N4O6.2C2HF3O2/c1-3-4-5-19(23(34)35)29-12(2)22(33)31-11-15(9-20(31)24(36)37)30-21(32)8-14(28)6-13-7-17(26)18(27)10-16(13)25;2*3-2(4,5)1(6)7/h7,10,12,14-15,19-20,29H,3-6,8-9,11,28H2,1-2H3,(H,30,32)(H,34,35)(H,36,37);2*(H,6,7)/t12-,14+,15-,19?,20-;;/m0../s1. The number of unbranched alkanes of at least 4 members (excludes halogenated alkanes) is 1. The first kappa shape index (κ1) is 46.3. The highest BCUT2D eigenvalue weighted by molar-refractivity contribution is 5.88. The molecule has 2 amide bonds. The van der Waals surface area contributed by atoms with E-state index in [1.54, 1.807) is 0 Å². The SMILES string of the molecule is CCCCC(N[C@@H](C)C(=O)N1C[C@@H](NC(=O)C[C@H](N)Cc2cc(F)c(F)cc2F)C[C@H]1C(=O)O)C(=O)O.O=C(O)C(F)(F)F.O=C(O)C(F)(F)F. The number of alkyl halides is 6. The molecule has 1 aromatic rings. The third kappa shape index (κ3) is 16.7. The van der Waals surface area contributed by atoms with Crippen LogP contribution >= 0.6 is 0 Å². The van der Waals surface area contributed by atoms with Crippen molar-refractivity contribution in [2.45, 2.75) is 94.9 Å². The van der Waals surface area contributed by atoms with Crippen molar-refractivity contribution < 1.29 is 88.7 Å². The third-order valence-electron chi connectivity index (χ3n) is 6.70. The average molecular weight is 759 g/mol. The van der Waals surface area contributed by atoms with Gasteiger partial charge in [0.25, 0.3) is 0 Å². The zero-order valence-electron chi connectivity index (χ0n) is 26.7. The number of carboxylic acid groups (broad SMARTS) is 4. The second kappa shape index (κ2) is 20.2. The Balaban J connectivity index is 0.00000149. The predicted molar refractivity (Wildman–Crippen MR) is 153 cm³/mol. The lowest BCUT2D eigenvalue weighted by atomic mass is 10.0. The molecule has 51 heavy (non-hydrogen) atoms. The molecule has 1 aromatic carbocycles. The van der Waals surface area contributed by atoms with Crippen molar-refractivity contribution in [2.24, 2.45) is 5.73 Å². The molecule has 1 unspecified atom stereocenters. The smallest absolute Gasteiger partial charge is 0.480 e. The molecule has 0 bridgehead atoms. The normalized spacial score (nSPS) is 17.5. The van der Waals surface area contributed by atoms with E-state index in [-0.39, 0.29) is 31.4 Å². The maximum absolute atomic E-state index is 13.8. The van der Waals surface area contributed by atoms with Gasteiger partial charge in [0.1, 0.15) is 17.9 Å². The molecule has 0 aliphatic carbocycles. The maximum atomic E-state index is 13.8. The minimum atomic E-state index is -5.08. The molecule has 0 radical (unpaired) electrons. The number of nitrogens with zero attached hydrogens (tertiary/aromatic N) is 1. The number of rotatable bonds is 13. The highest BCUT2D eigenvalue weighted by Gasteiger charge is 2.42. The lowest BCUT2D eigenvalue weighted by Gasteiger charge is -2.27. The summed E-state index contributed by atoms with van der Waals surface area (Å²) < 4.78 is 104. The monoisotopic (exact) mass is 758 g/mol. The highest BCUT2D eigenvalue weighted by Crippen LogP contribution is 2.21. The van der Waals surface area contributed by atoms with Gasteiger partial charge in [-0.2, -0.15) is 26.3 Å². The van der Waals surface area contributed by atoms with Crippen LogP contribution in [0.4, 0.5) is 39.5 Å². The van der Waals surface area contributed by atoms with Gasteiger partial charge in [-0.1, -0.05) is 19.8 Å². The third-order valence-corrected chi connectivity index (χ3v) is 6.70. The predicted octanol–water partition coefficient (Wildman–Crippen LogP) is 2.42. The fourth-order valence-electron chi connectivity index (χ4n) is 4.33. The molecule has 0 spiro atoms. The van der Waals surface area contributed by atoms with E-state index in [0.717, 1.165) is 11.3 Å². The fourth-order valence-corrected chi connectivity index (χ4v) is 4.33. The summed E-state index contributed by atoms with van der Waals surface area (Å²) in [5.74, 6) is -12.7. The summed E-state index contributed by atoms with van der Waals surface area (Å²) in [5.41, 5.74) is 5.68. The summed E-state index contributed by atoms with van der Waals surface area (Å²) in [5, 5.41) is 38.6. The van der Waals surface area contributed by atoms with Gasteiger partial charge < -0.3 is 36.4 Å². The van der Waals surface area contributed by atoms with Crippen molar-refractivity contribution in [1.82, 2.24) is 15.5 Å². The van der Waals surface area contributed by atoms with E-state index in [1.807, 2.05) is 6.92 Å². The van der Waals surface area contributed by atoms with Gasteiger partial charge in [-0.05, 0) is 31.4 Å². The van der Waals surface area contributed by atoms with E-state index in [1.165, 1.54) is 6.92 Å². The van der Waals surface area contributed by atoms with Crippen LogP contribution in [0.2, 0.25) is 0 Å². The van der Waals surface area contributed by atoms with Crippen LogP contribution in [0.3, 0.4) is 0 Å². The van der Waals surface area contributed by atoms with Crippen LogP contribution in [0.1, 0.15) is 51.5 Å². The number of likely N-dealkylation sites (tertiary alicyclic amines) is 1. The first-order valence-electron chi connectivity index (χ1n) is 14.5. The Morgan fingerprint density at radius 1 is 0.902 bits per heavy atom. The first-order chi connectivity index (χ1) is 23.2. The number of hydrogen-bond acceptors (Lipinski definition) is 8. The van der Waals surface area contributed by atoms with Crippen LogP contribution in [-0.2, 0) is 35.2 Å². The van der Waals surface area contributed by atoms with Crippen LogP contribution in [0.15, 0.2) is 12.1 Å². The summed E-state index contributed by atoms with van der Waals surface area (Å²) >= 11 is 0. The number of aliphatic carboxylic acids is 4. The molecule has 1 aliphatic rings. The molecular weight excluding hydrogens is 723 g/mol. The Hall–Kier alpha value is -4.67. The molecule has 1 fully saturated rings. The van der Waals surface area contributed by atoms with Crippen LogP contribution in [0.5, 0.6) is 0 Å². The van der Waals surface area contributed by atoms with E-state index in [2.05, 4.69) is 10.6 Å². The van der Waals surface area contributed by atoms with E-state index in [0.29, 0.717) is 25.0 Å². The van der Waals surface area contributed by atoms with Crippen molar-refractivity contribution in [3.05, 3.63) is 35.1 Å². The zero-order valence-corrected chi connectivity index (χ0v) is 26.7. The lowest BCUT2D eigenvalue weighted by molar-refractivity contribution is -0.193. The van der Waals surface area contributed by atoms with E-state index in [9.17, 15) is 68.9 Å². The van der Waals surface area contributed by atoms with E-state index in [4.69, 9.17) is 25.5 Å². The van der Waals surface area contributed by atoms with Crippen molar-refractivity contribution >= 4 is 35.7 Å². The number of halogens is 9. The van der Waals surface area contributed by atoms with Crippen molar-refractivity contribution in [1.29, 1.82) is 0 Å². The number of hydrogen-bond donors (Lipinski definition) is 7. The van der Waals surface area contributed by atoms with Crippen molar-refractivity contribution in [2.75, 3.05) is 6.54 Å². The van der Waals surface area contributed by atoms with Crippen LogP contribution in [-0.4, -0.2) is 110 Å². The topological polar surface area (TPSA) is 237 Å². The quantitative estimate of drug-likeness (QED) is 0.114. The molecular formula is C28H35F9N4O10. The Morgan fingerprint density at radius 3 is 1.82 bits per heavy atom. The minimum absolute atomic E-state index is 0.0786. The molecule has 8 N–H and O–H groups in total. The fraction of sp³-hybridized carbons (Fsp3) is 0.571. The number of amides is 2. The second-order valence-electron chi connectivity index (χ2n) is 10.9.